The van der Waals surface area contributed by atoms with Crippen molar-refractivity contribution in [2.75, 3.05) is 41.3 Å². The van der Waals surface area contributed by atoms with E-state index in [2.05, 4.69) is 10.2 Å². The minimum absolute atomic E-state index is 0.0481. The van der Waals surface area contributed by atoms with Gasteiger partial charge in [-0.3, -0.25) is 19.3 Å². The zero-order chi connectivity index (χ0) is 23.8. The molecule has 0 saturated carbocycles. The van der Waals surface area contributed by atoms with Gasteiger partial charge in [-0.1, -0.05) is 6.07 Å². The van der Waals surface area contributed by atoms with Crippen LogP contribution in [0, 0.1) is 12.7 Å². The smallest absolute Gasteiger partial charge is 0.253 e. The molecule has 7 nitrogen and oxygen atoms in total. The summed E-state index contributed by atoms with van der Waals surface area (Å²) in [5.41, 5.74) is 2.81. The summed E-state index contributed by atoms with van der Waals surface area (Å²) >= 11 is 0. The van der Waals surface area contributed by atoms with Crippen molar-refractivity contribution < 1.29 is 18.8 Å². The lowest BCUT2D eigenvalue weighted by atomic mass is 9.95. The van der Waals surface area contributed by atoms with Crippen molar-refractivity contribution >= 4 is 34.8 Å². The molecular formula is C26H29FN4O3. The number of nitrogens with zero attached hydrogens (tertiary/aromatic N) is 3. The Morgan fingerprint density at radius 2 is 1.76 bits per heavy atom. The largest absolute Gasteiger partial charge is 0.358 e. The Bertz CT molecular complexity index is 1140. The molecular weight excluding hydrogens is 435 g/mol. The molecule has 1 N–H and O–H groups in total. The Morgan fingerprint density at radius 3 is 2.53 bits per heavy atom. The van der Waals surface area contributed by atoms with Gasteiger partial charge in [0.2, 0.25) is 11.8 Å². The van der Waals surface area contributed by atoms with Crippen molar-refractivity contribution in [3.05, 3.63) is 53.3 Å². The molecule has 0 aromatic heterocycles. The number of benzene rings is 2. The molecule has 1 atom stereocenters. The highest BCUT2D eigenvalue weighted by molar-refractivity contribution is 6.11. The quantitative estimate of drug-likeness (QED) is 0.749. The number of piperidine rings is 1. The number of fused-ring (bicyclic) bond motifs is 3. The molecule has 2 fully saturated rings. The molecule has 5 rings (SSSR count). The summed E-state index contributed by atoms with van der Waals surface area (Å²) in [7, 11) is 0. The van der Waals surface area contributed by atoms with Gasteiger partial charge in [-0.25, -0.2) is 4.39 Å². The van der Waals surface area contributed by atoms with E-state index in [4.69, 9.17) is 0 Å². The number of amides is 3. The van der Waals surface area contributed by atoms with Gasteiger partial charge in [-0.05, 0) is 74.9 Å². The van der Waals surface area contributed by atoms with Crippen LogP contribution in [0.15, 0.2) is 36.4 Å². The fraction of sp³-hybridized carbons (Fsp3) is 0.423. The van der Waals surface area contributed by atoms with Gasteiger partial charge in [-0.2, -0.15) is 0 Å². The second-order valence-corrected chi connectivity index (χ2v) is 9.34. The number of nitrogens with one attached hydrogen (secondary N) is 1. The predicted molar refractivity (Wildman–Crippen MR) is 129 cm³/mol. The van der Waals surface area contributed by atoms with E-state index in [1.165, 1.54) is 11.0 Å². The number of aryl methyl sites for hydroxylation is 1. The van der Waals surface area contributed by atoms with Crippen molar-refractivity contribution in [2.24, 2.45) is 0 Å². The Morgan fingerprint density at radius 1 is 1.00 bits per heavy atom. The maximum Gasteiger partial charge on any atom is 0.253 e. The molecule has 0 spiro atoms. The first-order valence-corrected chi connectivity index (χ1v) is 12.0. The molecule has 2 aromatic rings. The fourth-order valence-electron chi connectivity index (χ4n) is 5.17. The number of carbonyl (C=O) groups is 3. The van der Waals surface area contributed by atoms with E-state index in [-0.39, 0.29) is 24.4 Å². The van der Waals surface area contributed by atoms with Crippen LogP contribution >= 0.6 is 0 Å². The fourth-order valence-corrected chi connectivity index (χ4v) is 5.17. The Hall–Kier alpha value is -3.42. The summed E-state index contributed by atoms with van der Waals surface area (Å²) in [6, 6.07) is 9.68. The first-order chi connectivity index (χ1) is 16.4. The van der Waals surface area contributed by atoms with Gasteiger partial charge in [0.1, 0.15) is 18.4 Å². The van der Waals surface area contributed by atoms with Gasteiger partial charge in [0.25, 0.3) is 5.91 Å². The summed E-state index contributed by atoms with van der Waals surface area (Å²) in [5.74, 6) is -1.00. The second-order valence-electron chi connectivity index (χ2n) is 9.34. The van der Waals surface area contributed by atoms with Gasteiger partial charge in [0.05, 0.1) is 11.4 Å². The number of hydrogen-bond acceptors (Lipinski definition) is 4. The Kier molecular flexibility index (Phi) is 5.98. The molecule has 3 aliphatic heterocycles. The van der Waals surface area contributed by atoms with E-state index in [1.807, 2.05) is 17.0 Å². The maximum absolute atomic E-state index is 13.9. The van der Waals surface area contributed by atoms with Crippen LogP contribution in [-0.4, -0.2) is 54.8 Å². The highest BCUT2D eigenvalue weighted by atomic mass is 19.1. The second kappa shape index (κ2) is 9.08. The average molecular weight is 465 g/mol. The molecule has 2 aromatic carbocycles. The van der Waals surface area contributed by atoms with E-state index in [0.717, 1.165) is 57.4 Å². The molecule has 34 heavy (non-hydrogen) atoms. The first-order valence-electron chi connectivity index (χ1n) is 12.0. The number of anilines is 3. The van der Waals surface area contributed by atoms with Gasteiger partial charge < -0.3 is 15.1 Å². The first kappa shape index (κ1) is 22.4. The third kappa shape index (κ3) is 4.13. The van der Waals surface area contributed by atoms with E-state index in [9.17, 15) is 18.8 Å². The van der Waals surface area contributed by atoms with Crippen molar-refractivity contribution in [1.29, 1.82) is 0 Å². The maximum atomic E-state index is 13.9. The van der Waals surface area contributed by atoms with Crippen LogP contribution in [-0.2, 0) is 9.59 Å². The van der Waals surface area contributed by atoms with Crippen LogP contribution in [0.25, 0.3) is 0 Å². The molecule has 8 heteroatoms. The predicted octanol–water partition coefficient (Wildman–Crippen LogP) is 3.71. The van der Waals surface area contributed by atoms with E-state index >= 15 is 0 Å². The van der Waals surface area contributed by atoms with Gasteiger partial charge in [-0.15, -0.1) is 0 Å². The zero-order valence-corrected chi connectivity index (χ0v) is 19.3. The molecule has 0 bridgehead atoms. The molecule has 0 radical (unpaired) electrons. The molecule has 3 amide bonds. The standard InChI is InChI=1S/C26H29FN4O3/c1-17-7-9-19(15-20(17)27)28-24(32)16-31-23-14-18(25(33)29-11-4-5-12-29)8-10-21(23)30-13-3-2-6-22(30)26(31)34/h7-10,14-15,22H,2-6,11-13,16H2,1H3,(H,28,32)/t22-/m1/s1. The normalized spacial score (nSPS) is 19.6. The lowest BCUT2D eigenvalue weighted by Gasteiger charge is -2.45. The number of likely N-dealkylation sites (tertiary alicyclic amines) is 1. The third-order valence-corrected chi connectivity index (χ3v) is 7.03. The molecule has 0 aliphatic carbocycles. The molecule has 0 unspecified atom stereocenters. The number of halogens is 1. The summed E-state index contributed by atoms with van der Waals surface area (Å²) in [5, 5.41) is 2.70. The summed E-state index contributed by atoms with van der Waals surface area (Å²) in [4.78, 5) is 44.8. The van der Waals surface area contributed by atoms with Crippen molar-refractivity contribution in [3.63, 3.8) is 0 Å². The summed E-state index contributed by atoms with van der Waals surface area (Å²) < 4.78 is 13.9. The zero-order valence-electron chi connectivity index (χ0n) is 19.3. The van der Waals surface area contributed by atoms with Crippen LogP contribution < -0.4 is 15.1 Å². The molecule has 3 aliphatic rings. The summed E-state index contributed by atoms with van der Waals surface area (Å²) in [6.07, 6.45) is 4.68. The van der Waals surface area contributed by atoms with Gasteiger partial charge in [0.15, 0.2) is 0 Å². The van der Waals surface area contributed by atoms with Crippen LogP contribution in [0.4, 0.5) is 21.5 Å². The van der Waals surface area contributed by atoms with Crippen LogP contribution in [0.2, 0.25) is 0 Å². The number of carbonyl (C=O) groups excluding carboxylic acids is 3. The van der Waals surface area contributed by atoms with Crippen LogP contribution in [0.1, 0.15) is 48.0 Å². The van der Waals surface area contributed by atoms with Crippen LogP contribution in [0.3, 0.4) is 0 Å². The highest BCUT2D eigenvalue weighted by Crippen LogP contribution is 2.40. The minimum Gasteiger partial charge on any atom is -0.358 e. The lowest BCUT2D eigenvalue weighted by molar-refractivity contribution is -0.123. The third-order valence-electron chi connectivity index (χ3n) is 7.03. The minimum atomic E-state index is -0.414. The lowest BCUT2D eigenvalue weighted by Crippen LogP contribution is -2.56. The van der Waals surface area contributed by atoms with E-state index < -0.39 is 11.7 Å². The average Bonchev–Trinajstić information content (AvgIpc) is 3.38. The van der Waals surface area contributed by atoms with E-state index in [0.29, 0.717) is 22.5 Å². The molecule has 3 heterocycles. The van der Waals surface area contributed by atoms with Crippen LogP contribution in [0.5, 0.6) is 0 Å². The SMILES string of the molecule is Cc1ccc(NC(=O)CN2C(=O)[C@H]3CCCCN3c3ccc(C(=O)N4CCCC4)cc32)cc1F. The number of hydrogen-bond donors (Lipinski definition) is 1. The topological polar surface area (TPSA) is 73.0 Å². The van der Waals surface area contributed by atoms with Gasteiger partial charge in [0, 0.05) is 30.9 Å². The van der Waals surface area contributed by atoms with Crippen molar-refractivity contribution in [3.8, 4) is 0 Å². The Balaban J connectivity index is 1.45. The van der Waals surface area contributed by atoms with Crippen molar-refractivity contribution in [1.82, 2.24) is 4.90 Å². The van der Waals surface area contributed by atoms with E-state index in [1.54, 1.807) is 25.1 Å². The highest BCUT2D eigenvalue weighted by Gasteiger charge is 2.40. The van der Waals surface area contributed by atoms with Gasteiger partial charge >= 0.3 is 0 Å². The molecule has 2 saturated heterocycles. The Labute approximate surface area is 198 Å². The monoisotopic (exact) mass is 464 g/mol. The number of rotatable bonds is 4. The molecule has 178 valence electrons. The van der Waals surface area contributed by atoms with Crippen molar-refractivity contribution in [2.45, 2.75) is 45.1 Å². The summed E-state index contributed by atoms with van der Waals surface area (Å²) in [6.45, 7) is 3.70.